The van der Waals surface area contributed by atoms with E-state index in [1.165, 1.54) is 0 Å². The summed E-state index contributed by atoms with van der Waals surface area (Å²) in [5.74, 6) is 1.08. The Morgan fingerprint density at radius 1 is 1.50 bits per heavy atom. The normalized spacial score (nSPS) is 23.6. The van der Waals surface area contributed by atoms with Crippen LogP contribution in [0.25, 0.3) is 0 Å². The van der Waals surface area contributed by atoms with Crippen LogP contribution in [0.1, 0.15) is 34.1 Å². The van der Waals surface area contributed by atoms with Crippen LogP contribution in [0.15, 0.2) is 0 Å². The molecule has 0 saturated carbocycles. The summed E-state index contributed by atoms with van der Waals surface area (Å²) in [5, 5.41) is 3.19. The minimum atomic E-state index is 0.0676. The summed E-state index contributed by atoms with van der Waals surface area (Å²) in [5.41, 5.74) is 0.0676. The number of nitrogens with zero attached hydrogens (tertiary/aromatic N) is 1. The molecule has 1 fully saturated rings. The third kappa shape index (κ3) is 3.21. The molecule has 1 N–H and O–H groups in total. The van der Waals surface area contributed by atoms with Gasteiger partial charge in [-0.2, -0.15) is 0 Å². The third-order valence-corrected chi connectivity index (χ3v) is 3.76. The quantitative estimate of drug-likeness (QED) is 0.795. The minimum Gasteiger partial charge on any atom is -0.342 e. The van der Waals surface area contributed by atoms with Crippen LogP contribution in [0.2, 0.25) is 0 Å². The van der Waals surface area contributed by atoms with E-state index in [4.69, 9.17) is 0 Å². The fourth-order valence-electron chi connectivity index (χ4n) is 2.13. The molecule has 1 rings (SSSR count). The zero-order valence-corrected chi connectivity index (χ0v) is 11.3. The lowest BCUT2D eigenvalue weighted by Crippen LogP contribution is -2.39. The first kappa shape index (κ1) is 13.5. The van der Waals surface area contributed by atoms with Gasteiger partial charge in [0.25, 0.3) is 0 Å². The maximum Gasteiger partial charge on any atom is 0.225 e. The number of carbonyl (C=O) groups excluding carboxylic acids is 1. The second-order valence-electron chi connectivity index (χ2n) is 6.08. The second-order valence-corrected chi connectivity index (χ2v) is 6.08. The molecule has 1 saturated heterocycles. The van der Waals surface area contributed by atoms with Crippen LogP contribution in [-0.4, -0.2) is 37.5 Å². The maximum atomic E-state index is 12.2. The number of rotatable bonds is 3. The second kappa shape index (κ2) is 5.17. The number of likely N-dealkylation sites (tertiary alicyclic amines) is 1. The van der Waals surface area contributed by atoms with E-state index in [2.05, 4.69) is 26.1 Å². The molecule has 0 aliphatic carbocycles. The summed E-state index contributed by atoms with van der Waals surface area (Å²) in [4.78, 5) is 14.3. The van der Waals surface area contributed by atoms with Crippen LogP contribution in [0.3, 0.4) is 0 Å². The van der Waals surface area contributed by atoms with E-state index in [1.807, 2.05) is 18.9 Å². The molecule has 2 unspecified atom stereocenters. The van der Waals surface area contributed by atoms with Crippen molar-refractivity contribution in [3.63, 3.8) is 0 Å². The highest BCUT2D eigenvalue weighted by Gasteiger charge is 2.33. The molecule has 0 aromatic carbocycles. The van der Waals surface area contributed by atoms with E-state index in [9.17, 15) is 4.79 Å². The first-order valence-electron chi connectivity index (χ1n) is 6.29. The first-order valence-corrected chi connectivity index (χ1v) is 6.29. The Labute approximate surface area is 99.6 Å². The van der Waals surface area contributed by atoms with Crippen molar-refractivity contribution in [3.8, 4) is 0 Å². The van der Waals surface area contributed by atoms with Crippen molar-refractivity contribution in [1.29, 1.82) is 0 Å². The van der Waals surface area contributed by atoms with Gasteiger partial charge >= 0.3 is 0 Å². The minimum absolute atomic E-state index is 0.0676. The predicted octanol–water partition coefficient (Wildman–Crippen LogP) is 1.74. The van der Waals surface area contributed by atoms with Crippen molar-refractivity contribution in [2.75, 3.05) is 26.7 Å². The molecule has 2 atom stereocenters. The molecule has 1 aliphatic rings. The van der Waals surface area contributed by atoms with Crippen molar-refractivity contribution >= 4 is 5.91 Å². The third-order valence-electron chi connectivity index (χ3n) is 3.76. The van der Waals surface area contributed by atoms with Gasteiger partial charge in [-0.1, -0.05) is 27.7 Å². The Kier molecular flexibility index (Phi) is 4.36. The van der Waals surface area contributed by atoms with Crippen LogP contribution in [0.4, 0.5) is 0 Å². The van der Waals surface area contributed by atoms with Crippen LogP contribution < -0.4 is 5.32 Å². The van der Waals surface area contributed by atoms with Gasteiger partial charge in [-0.25, -0.2) is 0 Å². The zero-order chi connectivity index (χ0) is 12.3. The Morgan fingerprint density at radius 2 is 2.12 bits per heavy atom. The summed E-state index contributed by atoms with van der Waals surface area (Å²) >= 11 is 0. The van der Waals surface area contributed by atoms with Crippen molar-refractivity contribution in [2.45, 2.75) is 34.1 Å². The molecule has 94 valence electrons. The zero-order valence-electron chi connectivity index (χ0n) is 11.3. The monoisotopic (exact) mass is 226 g/mol. The SMILES string of the molecule is CNCC1CCN(C(=O)C(C)C(C)(C)C)C1. The summed E-state index contributed by atoms with van der Waals surface area (Å²) in [6.45, 7) is 11.3. The van der Waals surface area contributed by atoms with Gasteiger partial charge in [0.1, 0.15) is 0 Å². The summed E-state index contributed by atoms with van der Waals surface area (Å²) in [6.07, 6.45) is 1.14. The molecule has 16 heavy (non-hydrogen) atoms. The number of nitrogens with one attached hydrogen (secondary N) is 1. The van der Waals surface area contributed by atoms with Crippen LogP contribution >= 0.6 is 0 Å². The molecule has 1 amide bonds. The van der Waals surface area contributed by atoms with Crippen molar-refractivity contribution < 1.29 is 4.79 Å². The van der Waals surface area contributed by atoms with Gasteiger partial charge in [-0.15, -0.1) is 0 Å². The predicted molar refractivity (Wildman–Crippen MR) is 67.2 cm³/mol. The lowest BCUT2D eigenvalue weighted by atomic mass is 9.81. The average molecular weight is 226 g/mol. The topological polar surface area (TPSA) is 32.3 Å². The smallest absolute Gasteiger partial charge is 0.225 e. The average Bonchev–Trinajstić information content (AvgIpc) is 2.63. The Bertz CT molecular complexity index is 245. The molecule has 0 bridgehead atoms. The van der Waals surface area contributed by atoms with Gasteiger partial charge in [0, 0.05) is 19.0 Å². The van der Waals surface area contributed by atoms with E-state index >= 15 is 0 Å². The number of carbonyl (C=O) groups is 1. The maximum absolute atomic E-state index is 12.2. The summed E-state index contributed by atoms with van der Waals surface area (Å²) in [7, 11) is 1.97. The van der Waals surface area contributed by atoms with Gasteiger partial charge in [0.15, 0.2) is 0 Å². The van der Waals surface area contributed by atoms with Crippen molar-refractivity contribution in [1.82, 2.24) is 10.2 Å². The molecule has 0 aromatic heterocycles. The van der Waals surface area contributed by atoms with Crippen molar-refractivity contribution in [2.24, 2.45) is 17.3 Å². The lowest BCUT2D eigenvalue weighted by Gasteiger charge is -2.30. The number of hydrogen-bond acceptors (Lipinski definition) is 2. The first-order chi connectivity index (χ1) is 7.36. The van der Waals surface area contributed by atoms with E-state index < -0.39 is 0 Å². The van der Waals surface area contributed by atoms with E-state index in [1.54, 1.807) is 0 Å². The Hall–Kier alpha value is -0.570. The molecule has 0 aromatic rings. The Morgan fingerprint density at radius 3 is 2.62 bits per heavy atom. The number of amides is 1. The summed E-state index contributed by atoms with van der Waals surface area (Å²) < 4.78 is 0. The molecular weight excluding hydrogens is 200 g/mol. The fourth-order valence-corrected chi connectivity index (χ4v) is 2.13. The van der Waals surface area contributed by atoms with Crippen LogP contribution in [0, 0.1) is 17.3 Å². The molecule has 0 spiro atoms. The van der Waals surface area contributed by atoms with E-state index in [-0.39, 0.29) is 11.3 Å². The van der Waals surface area contributed by atoms with Gasteiger partial charge < -0.3 is 10.2 Å². The molecule has 3 nitrogen and oxygen atoms in total. The van der Waals surface area contributed by atoms with Crippen molar-refractivity contribution in [3.05, 3.63) is 0 Å². The highest BCUT2D eigenvalue weighted by molar-refractivity contribution is 5.79. The van der Waals surface area contributed by atoms with E-state index in [0.29, 0.717) is 11.8 Å². The molecule has 3 heteroatoms. The lowest BCUT2D eigenvalue weighted by molar-refractivity contribution is -0.137. The fraction of sp³-hybridized carbons (Fsp3) is 0.923. The molecule has 1 heterocycles. The molecule has 0 radical (unpaired) electrons. The Balaban J connectivity index is 2.51. The van der Waals surface area contributed by atoms with Gasteiger partial charge in [0.2, 0.25) is 5.91 Å². The highest BCUT2D eigenvalue weighted by Crippen LogP contribution is 2.29. The van der Waals surface area contributed by atoms with Gasteiger partial charge in [-0.3, -0.25) is 4.79 Å². The highest BCUT2D eigenvalue weighted by atomic mass is 16.2. The molecular formula is C13H26N2O. The van der Waals surface area contributed by atoms with Crippen LogP contribution in [-0.2, 0) is 4.79 Å². The number of hydrogen-bond donors (Lipinski definition) is 1. The largest absolute Gasteiger partial charge is 0.342 e. The summed E-state index contributed by atoms with van der Waals surface area (Å²) in [6, 6.07) is 0. The standard InChI is InChI=1S/C13H26N2O/c1-10(13(2,3)4)12(16)15-7-6-11(9-15)8-14-5/h10-11,14H,6-9H2,1-5H3. The van der Waals surface area contributed by atoms with Gasteiger partial charge in [0.05, 0.1) is 0 Å². The van der Waals surface area contributed by atoms with E-state index in [0.717, 1.165) is 26.1 Å². The van der Waals surface area contributed by atoms with Crippen LogP contribution in [0.5, 0.6) is 0 Å². The molecule has 1 aliphatic heterocycles. The van der Waals surface area contributed by atoms with Gasteiger partial charge in [-0.05, 0) is 31.3 Å².